The van der Waals surface area contributed by atoms with Crippen LogP contribution in [-0.2, 0) is 16.0 Å². The first-order valence-corrected chi connectivity index (χ1v) is 12.4. The van der Waals surface area contributed by atoms with Gasteiger partial charge in [-0.25, -0.2) is 0 Å². The summed E-state index contributed by atoms with van der Waals surface area (Å²) in [6.07, 6.45) is 0.493. The molecule has 3 aromatic rings. The summed E-state index contributed by atoms with van der Waals surface area (Å²) in [7, 11) is 3.15. The third kappa shape index (κ3) is 4.88. The molecular formula is C29H28BrNO5. The van der Waals surface area contributed by atoms with E-state index < -0.39 is 17.7 Å². The number of halogens is 1. The Morgan fingerprint density at radius 3 is 2.39 bits per heavy atom. The van der Waals surface area contributed by atoms with E-state index in [2.05, 4.69) is 15.9 Å². The molecule has 1 N–H and O–H groups in total. The number of hydrogen-bond donors (Lipinski definition) is 1. The number of likely N-dealkylation sites (tertiary alicyclic amines) is 1. The van der Waals surface area contributed by atoms with Crippen LogP contribution in [0.2, 0.25) is 0 Å². The lowest BCUT2D eigenvalue weighted by Crippen LogP contribution is -2.31. The molecular weight excluding hydrogens is 522 g/mol. The largest absolute Gasteiger partial charge is 0.507 e. The Kier molecular flexibility index (Phi) is 7.50. The lowest BCUT2D eigenvalue weighted by molar-refractivity contribution is -0.139. The molecule has 0 aliphatic carbocycles. The van der Waals surface area contributed by atoms with Crippen molar-refractivity contribution < 1.29 is 24.2 Å². The molecule has 1 atom stereocenters. The molecule has 0 radical (unpaired) electrons. The van der Waals surface area contributed by atoms with Crippen LogP contribution in [0.4, 0.5) is 0 Å². The minimum absolute atomic E-state index is 0.0969. The molecule has 0 spiro atoms. The van der Waals surface area contributed by atoms with Crippen LogP contribution in [0.25, 0.3) is 5.76 Å². The number of nitrogens with zero attached hydrogens (tertiary/aromatic N) is 1. The summed E-state index contributed by atoms with van der Waals surface area (Å²) in [6.45, 7) is 4.15. The molecule has 1 heterocycles. The highest BCUT2D eigenvalue weighted by atomic mass is 79.9. The number of amides is 1. The number of ether oxygens (including phenoxy) is 2. The zero-order valence-corrected chi connectivity index (χ0v) is 22.3. The maximum absolute atomic E-state index is 13.3. The van der Waals surface area contributed by atoms with Crippen molar-refractivity contribution >= 4 is 33.4 Å². The predicted molar refractivity (Wildman–Crippen MR) is 142 cm³/mol. The summed E-state index contributed by atoms with van der Waals surface area (Å²) in [4.78, 5) is 28.1. The maximum atomic E-state index is 13.3. The van der Waals surface area contributed by atoms with Crippen LogP contribution in [0.3, 0.4) is 0 Å². The van der Waals surface area contributed by atoms with Crippen LogP contribution in [0.15, 0.2) is 70.7 Å². The fourth-order valence-corrected chi connectivity index (χ4v) is 4.78. The van der Waals surface area contributed by atoms with Crippen molar-refractivity contribution in [2.45, 2.75) is 26.3 Å². The minimum Gasteiger partial charge on any atom is -0.507 e. The van der Waals surface area contributed by atoms with E-state index in [1.165, 1.54) is 0 Å². The summed E-state index contributed by atoms with van der Waals surface area (Å²) >= 11 is 3.47. The second kappa shape index (κ2) is 10.6. The van der Waals surface area contributed by atoms with Crippen molar-refractivity contribution in [3.8, 4) is 11.5 Å². The van der Waals surface area contributed by atoms with E-state index in [0.717, 1.165) is 26.7 Å². The van der Waals surface area contributed by atoms with Crippen LogP contribution < -0.4 is 9.47 Å². The Labute approximate surface area is 219 Å². The molecule has 6 nitrogen and oxygen atoms in total. The van der Waals surface area contributed by atoms with E-state index in [0.29, 0.717) is 23.5 Å². The Balaban J connectivity index is 1.76. The first kappa shape index (κ1) is 25.5. The van der Waals surface area contributed by atoms with Gasteiger partial charge in [0.05, 0.1) is 25.8 Å². The lowest BCUT2D eigenvalue weighted by atomic mass is 9.94. The topological polar surface area (TPSA) is 76.1 Å². The number of aryl methyl sites for hydroxylation is 2. The number of rotatable bonds is 7. The van der Waals surface area contributed by atoms with Gasteiger partial charge < -0.3 is 19.5 Å². The van der Waals surface area contributed by atoms with E-state index >= 15 is 0 Å². The van der Waals surface area contributed by atoms with Gasteiger partial charge in [0, 0.05) is 16.6 Å². The molecule has 3 aromatic carbocycles. The zero-order valence-electron chi connectivity index (χ0n) is 20.7. The molecule has 1 amide bonds. The van der Waals surface area contributed by atoms with Crippen molar-refractivity contribution in [3.63, 3.8) is 0 Å². The third-order valence-electron chi connectivity index (χ3n) is 6.42. The van der Waals surface area contributed by atoms with Gasteiger partial charge in [-0.15, -0.1) is 0 Å². The highest BCUT2D eigenvalue weighted by Gasteiger charge is 2.45. The van der Waals surface area contributed by atoms with E-state index in [9.17, 15) is 14.7 Å². The minimum atomic E-state index is -0.700. The van der Waals surface area contributed by atoms with Gasteiger partial charge in [0.25, 0.3) is 11.7 Å². The van der Waals surface area contributed by atoms with Crippen molar-refractivity contribution in [2.75, 3.05) is 20.8 Å². The van der Waals surface area contributed by atoms with E-state index in [-0.39, 0.29) is 17.9 Å². The normalized spacial score (nSPS) is 16.9. The second-order valence-electron chi connectivity index (χ2n) is 8.81. The molecule has 0 bridgehead atoms. The van der Waals surface area contributed by atoms with Gasteiger partial charge in [-0.1, -0.05) is 57.9 Å². The van der Waals surface area contributed by atoms with Gasteiger partial charge in [-0.2, -0.15) is 0 Å². The van der Waals surface area contributed by atoms with Crippen molar-refractivity contribution in [1.82, 2.24) is 4.90 Å². The van der Waals surface area contributed by atoms with Crippen molar-refractivity contribution in [1.29, 1.82) is 0 Å². The average Bonchev–Trinajstić information content (AvgIpc) is 3.13. The average molecular weight is 550 g/mol. The number of aliphatic hydroxyl groups is 1. The maximum Gasteiger partial charge on any atom is 0.295 e. The van der Waals surface area contributed by atoms with Crippen LogP contribution in [0.1, 0.15) is 33.9 Å². The molecule has 1 aliphatic heterocycles. The number of methoxy groups -OCH3 is 2. The molecule has 4 rings (SSSR count). The van der Waals surface area contributed by atoms with Gasteiger partial charge in [-0.3, -0.25) is 9.59 Å². The van der Waals surface area contributed by atoms with Gasteiger partial charge in [0.15, 0.2) is 11.5 Å². The summed E-state index contributed by atoms with van der Waals surface area (Å²) < 4.78 is 11.6. The monoisotopic (exact) mass is 549 g/mol. The summed E-state index contributed by atoms with van der Waals surface area (Å²) in [5.74, 6) is -0.280. The molecule has 7 heteroatoms. The van der Waals surface area contributed by atoms with Crippen molar-refractivity contribution in [3.05, 3.63) is 98.5 Å². The van der Waals surface area contributed by atoms with Gasteiger partial charge in [0.1, 0.15) is 5.76 Å². The first-order chi connectivity index (χ1) is 17.2. The molecule has 1 fully saturated rings. The quantitative estimate of drug-likeness (QED) is 0.231. The van der Waals surface area contributed by atoms with Crippen LogP contribution in [-0.4, -0.2) is 42.5 Å². The number of benzene rings is 3. The van der Waals surface area contributed by atoms with Gasteiger partial charge in [0.2, 0.25) is 0 Å². The lowest BCUT2D eigenvalue weighted by Gasteiger charge is -2.26. The number of hydrogen-bond acceptors (Lipinski definition) is 5. The molecule has 0 saturated carbocycles. The number of carbonyl (C=O) groups is 2. The summed E-state index contributed by atoms with van der Waals surface area (Å²) in [6, 6.07) is 17.9. The fourth-order valence-electron chi connectivity index (χ4n) is 4.53. The van der Waals surface area contributed by atoms with Gasteiger partial charge in [-0.05, 0) is 61.2 Å². The molecule has 36 heavy (non-hydrogen) atoms. The Bertz CT molecular complexity index is 1360. The third-order valence-corrected chi connectivity index (χ3v) is 7.31. The molecule has 1 aliphatic rings. The SMILES string of the molecule is COc1ccc(CCN2C(=O)C(=O)/C(=C(\O)c3ccc(Br)c(C)c3)C2c2cccc(C)c2)cc1OC. The molecule has 186 valence electrons. The van der Waals surface area contributed by atoms with Crippen LogP contribution in [0.5, 0.6) is 11.5 Å². The number of Topliss-reactive ketones (excluding diaryl/α,β-unsaturated/α-hetero) is 1. The number of aliphatic hydroxyl groups excluding tert-OH is 1. The molecule has 0 aromatic heterocycles. The zero-order chi connectivity index (χ0) is 26.0. The second-order valence-corrected chi connectivity index (χ2v) is 9.66. The fraction of sp³-hybridized carbons (Fsp3) is 0.241. The predicted octanol–water partition coefficient (Wildman–Crippen LogP) is 5.75. The summed E-state index contributed by atoms with van der Waals surface area (Å²) in [5.41, 5.74) is 4.20. The van der Waals surface area contributed by atoms with E-state index in [4.69, 9.17) is 9.47 Å². The first-order valence-electron chi connectivity index (χ1n) is 11.6. The smallest absolute Gasteiger partial charge is 0.295 e. The number of ketones is 1. The van der Waals surface area contributed by atoms with E-state index in [1.807, 2.05) is 62.4 Å². The van der Waals surface area contributed by atoms with E-state index in [1.54, 1.807) is 31.3 Å². The highest BCUT2D eigenvalue weighted by Crippen LogP contribution is 2.40. The number of carbonyl (C=O) groups excluding carboxylic acids is 2. The van der Waals surface area contributed by atoms with Gasteiger partial charge >= 0.3 is 0 Å². The molecule has 1 saturated heterocycles. The Morgan fingerprint density at radius 1 is 0.972 bits per heavy atom. The van der Waals surface area contributed by atoms with Crippen LogP contribution >= 0.6 is 15.9 Å². The van der Waals surface area contributed by atoms with Crippen LogP contribution in [0, 0.1) is 13.8 Å². The highest BCUT2D eigenvalue weighted by molar-refractivity contribution is 9.10. The Hall–Kier alpha value is -3.58. The Morgan fingerprint density at radius 2 is 1.72 bits per heavy atom. The molecule has 1 unspecified atom stereocenters. The summed E-state index contributed by atoms with van der Waals surface area (Å²) in [5, 5.41) is 11.3. The van der Waals surface area contributed by atoms with Crippen molar-refractivity contribution in [2.24, 2.45) is 0 Å². The standard InChI is InChI=1S/C29H28BrNO5/c1-17-6-5-7-20(14-17)26-25(27(32)21-9-10-22(30)18(2)15-21)28(33)29(34)31(26)13-12-19-8-11-23(35-3)24(16-19)36-4/h5-11,14-16,26,32H,12-13H2,1-4H3/b27-25-.